The molecule has 1 N–H and O–H groups in total. The number of carbonyl (C=O) groups excluding carboxylic acids is 2. The third kappa shape index (κ3) is 6.26. The van der Waals surface area contributed by atoms with E-state index in [0.717, 1.165) is 5.56 Å². The number of rotatable bonds is 7. The molecule has 1 aromatic heterocycles. The monoisotopic (exact) mass is 407 g/mol. The van der Waals surface area contributed by atoms with Gasteiger partial charge in [0.05, 0.1) is 6.54 Å². The van der Waals surface area contributed by atoms with Gasteiger partial charge in [-0.3, -0.25) is 4.79 Å². The molecule has 0 saturated carbocycles. The fraction of sp³-hybridized carbons (Fsp3) is 0.333. The van der Waals surface area contributed by atoms with Gasteiger partial charge in [0.2, 0.25) is 5.91 Å². The summed E-state index contributed by atoms with van der Waals surface area (Å²) in [6.45, 7) is 1.21. The van der Waals surface area contributed by atoms with Gasteiger partial charge in [-0.25, -0.2) is 4.79 Å². The molecule has 2 rings (SSSR count). The highest BCUT2D eigenvalue weighted by Gasteiger charge is 2.13. The minimum atomic E-state index is -0.200. The molecule has 6 nitrogen and oxygen atoms in total. The van der Waals surface area contributed by atoms with Crippen molar-refractivity contribution in [1.82, 2.24) is 15.1 Å². The second-order valence-corrected chi connectivity index (χ2v) is 6.56. The molecule has 1 aromatic carbocycles. The first-order chi connectivity index (χ1) is 12.0. The van der Waals surface area contributed by atoms with Crippen molar-refractivity contribution in [3.8, 4) is 0 Å². The number of amides is 3. The van der Waals surface area contributed by atoms with Crippen LogP contribution >= 0.6 is 15.9 Å². The van der Waals surface area contributed by atoms with Crippen molar-refractivity contribution in [2.24, 2.45) is 0 Å². The Kier molecular flexibility index (Phi) is 7.06. The van der Waals surface area contributed by atoms with E-state index in [-0.39, 0.29) is 18.4 Å². The summed E-state index contributed by atoms with van der Waals surface area (Å²) in [5, 5.41) is 2.76. The Morgan fingerprint density at radius 2 is 1.76 bits per heavy atom. The van der Waals surface area contributed by atoms with Gasteiger partial charge in [-0.05, 0) is 33.6 Å². The molecule has 2 aromatic rings. The van der Waals surface area contributed by atoms with Crippen LogP contribution in [0.25, 0.3) is 0 Å². The van der Waals surface area contributed by atoms with Crippen LogP contribution in [-0.4, -0.2) is 42.4 Å². The maximum Gasteiger partial charge on any atom is 0.317 e. The third-order valence-electron chi connectivity index (χ3n) is 3.67. The number of nitrogens with zero attached hydrogens (tertiary/aromatic N) is 2. The zero-order valence-corrected chi connectivity index (χ0v) is 16.0. The molecule has 0 aliphatic heterocycles. The molecule has 0 radical (unpaired) electrons. The summed E-state index contributed by atoms with van der Waals surface area (Å²) >= 11 is 3.23. The first kappa shape index (κ1) is 19.1. The lowest BCUT2D eigenvalue weighted by atomic mass is 10.2. The Morgan fingerprint density at radius 1 is 1.04 bits per heavy atom. The SMILES string of the molecule is CN(Cc1ccc(Br)o1)C(=O)CCNC(=O)N(C)Cc1ccccc1. The van der Waals surface area contributed by atoms with E-state index in [1.54, 1.807) is 30.0 Å². The Morgan fingerprint density at radius 3 is 2.40 bits per heavy atom. The molecule has 0 atom stereocenters. The van der Waals surface area contributed by atoms with E-state index in [0.29, 0.717) is 30.1 Å². The number of hydrogen-bond donors (Lipinski definition) is 1. The highest BCUT2D eigenvalue weighted by Crippen LogP contribution is 2.15. The van der Waals surface area contributed by atoms with E-state index in [1.165, 1.54) is 0 Å². The zero-order chi connectivity index (χ0) is 18.2. The second kappa shape index (κ2) is 9.27. The number of hydrogen-bond acceptors (Lipinski definition) is 3. The second-order valence-electron chi connectivity index (χ2n) is 5.78. The molecule has 0 saturated heterocycles. The van der Waals surface area contributed by atoms with E-state index in [1.807, 2.05) is 36.4 Å². The average Bonchev–Trinajstić information content (AvgIpc) is 3.00. The molecule has 7 heteroatoms. The minimum absolute atomic E-state index is 0.0569. The molecular formula is C18H22BrN3O3. The number of benzene rings is 1. The van der Waals surface area contributed by atoms with Crippen molar-refractivity contribution in [2.45, 2.75) is 19.5 Å². The Labute approximate surface area is 155 Å². The predicted molar refractivity (Wildman–Crippen MR) is 98.8 cm³/mol. The summed E-state index contributed by atoms with van der Waals surface area (Å²) in [6.07, 6.45) is 0.239. The lowest BCUT2D eigenvalue weighted by Crippen LogP contribution is -2.39. The Bertz CT molecular complexity index is 703. The fourth-order valence-corrected chi connectivity index (χ4v) is 2.63. The van der Waals surface area contributed by atoms with Gasteiger partial charge < -0.3 is 19.5 Å². The molecule has 0 aliphatic carbocycles. The molecular weight excluding hydrogens is 386 g/mol. The minimum Gasteiger partial charge on any atom is -0.452 e. The highest BCUT2D eigenvalue weighted by molar-refractivity contribution is 9.10. The Balaban J connectivity index is 1.70. The number of furan rings is 1. The molecule has 3 amide bonds. The van der Waals surface area contributed by atoms with Gasteiger partial charge in [0.25, 0.3) is 0 Å². The normalized spacial score (nSPS) is 10.4. The lowest BCUT2D eigenvalue weighted by Gasteiger charge is -2.19. The van der Waals surface area contributed by atoms with Crippen LogP contribution in [0.5, 0.6) is 0 Å². The first-order valence-electron chi connectivity index (χ1n) is 7.97. The average molecular weight is 408 g/mol. The molecule has 0 bridgehead atoms. The topological polar surface area (TPSA) is 65.8 Å². The van der Waals surface area contributed by atoms with Crippen LogP contribution in [0.15, 0.2) is 51.6 Å². The largest absolute Gasteiger partial charge is 0.452 e. The van der Waals surface area contributed by atoms with Gasteiger partial charge in [-0.15, -0.1) is 0 Å². The summed E-state index contributed by atoms with van der Waals surface area (Å²) in [4.78, 5) is 27.3. The third-order valence-corrected chi connectivity index (χ3v) is 4.10. The smallest absolute Gasteiger partial charge is 0.317 e. The van der Waals surface area contributed by atoms with Crippen LogP contribution in [0.4, 0.5) is 4.79 Å². The van der Waals surface area contributed by atoms with Crippen LogP contribution in [0.1, 0.15) is 17.7 Å². The van der Waals surface area contributed by atoms with E-state index in [9.17, 15) is 9.59 Å². The summed E-state index contributed by atoms with van der Waals surface area (Å²) < 4.78 is 6.02. The first-order valence-corrected chi connectivity index (χ1v) is 8.76. The van der Waals surface area contributed by atoms with Gasteiger partial charge in [0.1, 0.15) is 5.76 Å². The quantitative estimate of drug-likeness (QED) is 0.765. The highest BCUT2D eigenvalue weighted by atomic mass is 79.9. The van der Waals surface area contributed by atoms with Crippen LogP contribution in [0, 0.1) is 0 Å². The molecule has 0 aliphatic rings. The van der Waals surface area contributed by atoms with Crippen molar-refractivity contribution in [2.75, 3.05) is 20.6 Å². The number of carbonyl (C=O) groups is 2. The maximum absolute atomic E-state index is 12.1. The lowest BCUT2D eigenvalue weighted by molar-refractivity contribution is -0.130. The van der Waals surface area contributed by atoms with E-state index in [2.05, 4.69) is 21.2 Å². The Hall–Kier alpha value is -2.28. The van der Waals surface area contributed by atoms with Gasteiger partial charge in [-0.1, -0.05) is 30.3 Å². The molecule has 0 unspecified atom stereocenters. The molecule has 0 spiro atoms. The molecule has 134 valence electrons. The molecule has 0 fully saturated rings. The van der Waals surface area contributed by atoms with Crippen LogP contribution < -0.4 is 5.32 Å². The zero-order valence-electron chi connectivity index (χ0n) is 14.4. The standard InChI is InChI=1S/C18H22BrN3O3/c1-21(13-15-8-9-16(19)25-15)17(23)10-11-20-18(24)22(2)12-14-6-4-3-5-7-14/h3-9H,10-13H2,1-2H3,(H,20,24). The van der Waals surface area contributed by atoms with Crippen molar-refractivity contribution in [1.29, 1.82) is 0 Å². The summed E-state index contributed by atoms with van der Waals surface area (Å²) in [5.41, 5.74) is 1.06. The van der Waals surface area contributed by atoms with Crippen molar-refractivity contribution in [3.05, 3.63) is 58.5 Å². The van der Waals surface area contributed by atoms with E-state index in [4.69, 9.17) is 4.42 Å². The summed E-state index contributed by atoms with van der Waals surface area (Å²) in [5.74, 6) is 0.646. The van der Waals surface area contributed by atoms with E-state index >= 15 is 0 Å². The summed E-state index contributed by atoms with van der Waals surface area (Å²) in [7, 11) is 3.44. The van der Waals surface area contributed by atoms with E-state index < -0.39 is 0 Å². The number of urea groups is 1. The maximum atomic E-state index is 12.1. The van der Waals surface area contributed by atoms with Crippen molar-refractivity contribution >= 4 is 27.9 Å². The molecule has 25 heavy (non-hydrogen) atoms. The fourth-order valence-electron chi connectivity index (χ4n) is 2.29. The van der Waals surface area contributed by atoms with Gasteiger partial charge in [0.15, 0.2) is 4.67 Å². The summed E-state index contributed by atoms with van der Waals surface area (Å²) in [6, 6.07) is 13.1. The van der Waals surface area contributed by atoms with Gasteiger partial charge >= 0.3 is 6.03 Å². The predicted octanol–water partition coefficient (Wildman–Crippen LogP) is 3.23. The van der Waals surface area contributed by atoms with Gasteiger partial charge in [-0.2, -0.15) is 0 Å². The van der Waals surface area contributed by atoms with Crippen LogP contribution in [0.3, 0.4) is 0 Å². The number of halogens is 1. The van der Waals surface area contributed by atoms with Crippen LogP contribution in [-0.2, 0) is 17.9 Å². The van der Waals surface area contributed by atoms with Crippen LogP contribution in [0.2, 0.25) is 0 Å². The number of nitrogens with one attached hydrogen (secondary N) is 1. The van der Waals surface area contributed by atoms with Crippen molar-refractivity contribution < 1.29 is 14.0 Å². The van der Waals surface area contributed by atoms with Gasteiger partial charge in [0, 0.05) is 33.6 Å². The van der Waals surface area contributed by atoms with Crippen molar-refractivity contribution in [3.63, 3.8) is 0 Å². The molecule has 1 heterocycles.